The summed E-state index contributed by atoms with van der Waals surface area (Å²) in [7, 11) is 0. The van der Waals surface area contributed by atoms with Crippen molar-refractivity contribution in [3.05, 3.63) is 35.6 Å². The van der Waals surface area contributed by atoms with E-state index in [-0.39, 0.29) is 18.0 Å². The molecule has 17 heavy (non-hydrogen) atoms. The van der Waals surface area contributed by atoms with Gasteiger partial charge < -0.3 is 10.4 Å². The molecular weight excluding hydrogens is 225 g/mol. The van der Waals surface area contributed by atoms with Crippen molar-refractivity contribution >= 4 is 11.9 Å². The number of hydrogen-bond donors (Lipinski definition) is 2. The van der Waals surface area contributed by atoms with Gasteiger partial charge in [-0.3, -0.25) is 9.59 Å². The van der Waals surface area contributed by atoms with Gasteiger partial charge in [0, 0.05) is 19.0 Å². The fourth-order valence-corrected chi connectivity index (χ4v) is 1.50. The molecule has 92 valence electrons. The maximum absolute atomic E-state index is 13.6. The number of halogens is 1. The third kappa shape index (κ3) is 2.81. The van der Waals surface area contributed by atoms with E-state index in [4.69, 9.17) is 0 Å². The van der Waals surface area contributed by atoms with Crippen LogP contribution in [0.25, 0.3) is 0 Å². The second kappa shape index (κ2) is 4.95. The first kappa shape index (κ1) is 13.2. The van der Waals surface area contributed by atoms with Crippen LogP contribution in [0.4, 0.5) is 4.39 Å². The number of rotatable bonds is 4. The lowest BCUT2D eigenvalue weighted by Crippen LogP contribution is -2.44. The molecule has 0 aliphatic heterocycles. The Morgan fingerprint density at radius 1 is 1.41 bits per heavy atom. The highest BCUT2D eigenvalue weighted by Crippen LogP contribution is 2.26. The Hall–Kier alpha value is -1.91. The average molecular weight is 239 g/mol. The van der Waals surface area contributed by atoms with E-state index in [9.17, 15) is 19.1 Å². The maximum Gasteiger partial charge on any atom is 0.315 e. The molecular formula is C12H14FNO3. The second-order valence-corrected chi connectivity index (χ2v) is 4.03. The van der Waals surface area contributed by atoms with E-state index < -0.39 is 17.2 Å². The molecule has 0 heterocycles. The van der Waals surface area contributed by atoms with Crippen molar-refractivity contribution in [3.8, 4) is 0 Å². The largest absolute Gasteiger partial charge is 0.481 e. The summed E-state index contributed by atoms with van der Waals surface area (Å²) in [6.45, 7) is 2.51. The highest BCUT2D eigenvalue weighted by molar-refractivity contribution is 5.82. The molecule has 2 N–H and O–H groups in total. The Kier molecular flexibility index (Phi) is 3.83. The molecule has 0 aliphatic rings. The minimum Gasteiger partial charge on any atom is -0.481 e. The SMILES string of the molecule is CC(=O)NCC(C)(C(=O)O)c1ccccc1F. The average Bonchev–Trinajstić information content (AvgIpc) is 2.26. The van der Waals surface area contributed by atoms with Crippen molar-refractivity contribution in [2.24, 2.45) is 0 Å². The summed E-state index contributed by atoms with van der Waals surface area (Å²) in [5, 5.41) is 11.6. The topological polar surface area (TPSA) is 66.4 Å². The summed E-state index contributed by atoms with van der Waals surface area (Å²) in [5.41, 5.74) is -1.42. The van der Waals surface area contributed by atoms with Crippen LogP contribution in [0.1, 0.15) is 19.4 Å². The molecule has 1 aromatic rings. The summed E-state index contributed by atoms with van der Waals surface area (Å²) in [6, 6.07) is 5.66. The van der Waals surface area contributed by atoms with Gasteiger partial charge in [0.1, 0.15) is 11.2 Å². The number of carbonyl (C=O) groups excluding carboxylic acids is 1. The Bertz CT molecular complexity index is 447. The minimum atomic E-state index is -1.48. The highest BCUT2D eigenvalue weighted by atomic mass is 19.1. The van der Waals surface area contributed by atoms with Crippen molar-refractivity contribution in [3.63, 3.8) is 0 Å². The first-order valence-electron chi connectivity index (χ1n) is 5.11. The van der Waals surface area contributed by atoms with E-state index in [1.54, 1.807) is 6.07 Å². The Labute approximate surface area is 98.5 Å². The predicted octanol–water partition coefficient (Wildman–Crippen LogP) is 1.30. The van der Waals surface area contributed by atoms with Crippen LogP contribution in [0, 0.1) is 5.82 Å². The number of carboxylic acid groups (broad SMARTS) is 1. The molecule has 0 fully saturated rings. The van der Waals surface area contributed by atoms with Crippen molar-refractivity contribution < 1.29 is 19.1 Å². The van der Waals surface area contributed by atoms with Crippen molar-refractivity contribution in [1.82, 2.24) is 5.32 Å². The van der Waals surface area contributed by atoms with Crippen LogP contribution in [0.3, 0.4) is 0 Å². The van der Waals surface area contributed by atoms with Crippen molar-refractivity contribution in [1.29, 1.82) is 0 Å². The first-order chi connectivity index (χ1) is 7.88. The third-order valence-electron chi connectivity index (χ3n) is 2.63. The summed E-state index contributed by atoms with van der Waals surface area (Å²) < 4.78 is 13.6. The Morgan fingerprint density at radius 2 is 2.00 bits per heavy atom. The zero-order chi connectivity index (χ0) is 13.1. The fraction of sp³-hybridized carbons (Fsp3) is 0.333. The molecule has 0 saturated heterocycles. The van der Waals surface area contributed by atoms with E-state index in [1.165, 1.54) is 32.0 Å². The molecule has 0 saturated carbocycles. The van der Waals surface area contributed by atoms with Crippen LogP contribution in [0.15, 0.2) is 24.3 Å². The lowest BCUT2D eigenvalue weighted by Gasteiger charge is -2.25. The number of nitrogens with one attached hydrogen (secondary N) is 1. The van der Waals surface area contributed by atoms with E-state index in [0.29, 0.717) is 0 Å². The van der Waals surface area contributed by atoms with Crippen LogP contribution in [0.5, 0.6) is 0 Å². The van der Waals surface area contributed by atoms with Gasteiger partial charge in [0.2, 0.25) is 5.91 Å². The van der Waals surface area contributed by atoms with Gasteiger partial charge in [-0.05, 0) is 13.0 Å². The van der Waals surface area contributed by atoms with Crippen LogP contribution in [-0.4, -0.2) is 23.5 Å². The van der Waals surface area contributed by atoms with Gasteiger partial charge in [-0.1, -0.05) is 18.2 Å². The molecule has 1 amide bonds. The van der Waals surface area contributed by atoms with Crippen LogP contribution in [-0.2, 0) is 15.0 Å². The van der Waals surface area contributed by atoms with Crippen LogP contribution in [0.2, 0.25) is 0 Å². The zero-order valence-electron chi connectivity index (χ0n) is 9.66. The Balaban J connectivity index is 3.12. The molecule has 1 atom stereocenters. The van der Waals surface area contributed by atoms with Gasteiger partial charge in [0.15, 0.2) is 0 Å². The lowest BCUT2D eigenvalue weighted by molar-refractivity contribution is -0.143. The molecule has 1 rings (SSSR count). The fourth-order valence-electron chi connectivity index (χ4n) is 1.50. The van der Waals surface area contributed by atoms with E-state index >= 15 is 0 Å². The molecule has 1 aromatic carbocycles. The summed E-state index contributed by atoms with van der Waals surface area (Å²) >= 11 is 0. The first-order valence-corrected chi connectivity index (χ1v) is 5.11. The number of carboxylic acids is 1. The van der Waals surface area contributed by atoms with Crippen LogP contribution >= 0.6 is 0 Å². The van der Waals surface area contributed by atoms with Crippen LogP contribution < -0.4 is 5.32 Å². The van der Waals surface area contributed by atoms with Crippen molar-refractivity contribution in [2.45, 2.75) is 19.3 Å². The minimum absolute atomic E-state index is 0.0567. The predicted molar refractivity (Wildman–Crippen MR) is 60.1 cm³/mol. The second-order valence-electron chi connectivity index (χ2n) is 4.03. The number of benzene rings is 1. The third-order valence-corrected chi connectivity index (χ3v) is 2.63. The van der Waals surface area contributed by atoms with Gasteiger partial charge in [-0.15, -0.1) is 0 Å². The molecule has 0 radical (unpaired) electrons. The number of carbonyl (C=O) groups is 2. The van der Waals surface area contributed by atoms with Gasteiger partial charge in [-0.2, -0.15) is 0 Å². The molecule has 0 bridgehead atoms. The number of hydrogen-bond acceptors (Lipinski definition) is 2. The molecule has 0 spiro atoms. The van der Waals surface area contributed by atoms with Gasteiger partial charge in [0.05, 0.1) is 0 Å². The molecule has 4 nitrogen and oxygen atoms in total. The Morgan fingerprint density at radius 3 is 2.47 bits per heavy atom. The van der Waals surface area contributed by atoms with Gasteiger partial charge in [-0.25, -0.2) is 4.39 Å². The van der Waals surface area contributed by atoms with Gasteiger partial charge >= 0.3 is 5.97 Å². The molecule has 1 unspecified atom stereocenters. The molecule has 5 heteroatoms. The smallest absolute Gasteiger partial charge is 0.315 e. The lowest BCUT2D eigenvalue weighted by atomic mass is 9.82. The molecule has 0 aliphatic carbocycles. The van der Waals surface area contributed by atoms with E-state index in [2.05, 4.69) is 5.32 Å². The van der Waals surface area contributed by atoms with E-state index in [1.807, 2.05) is 0 Å². The number of aliphatic carboxylic acids is 1. The quantitative estimate of drug-likeness (QED) is 0.832. The highest BCUT2D eigenvalue weighted by Gasteiger charge is 2.37. The zero-order valence-corrected chi connectivity index (χ0v) is 9.66. The summed E-state index contributed by atoms with van der Waals surface area (Å²) in [5.74, 6) is -2.13. The van der Waals surface area contributed by atoms with Gasteiger partial charge in [0.25, 0.3) is 0 Å². The normalized spacial score (nSPS) is 13.8. The standard InChI is InChI=1S/C12H14FNO3/c1-8(15)14-7-12(2,11(16)17)9-5-3-4-6-10(9)13/h3-6H,7H2,1-2H3,(H,14,15)(H,16,17). The summed E-state index contributed by atoms with van der Waals surface area (Å²) in [6.07, 6.45) is 0. The monoisotopic (exact) mass is 239 g/mol. The van der Waals surface area contributed by atoms with Crippen molar-refractivity contribution in [2.75, 3.05) is 6.54 Å². The molecule has 0 aromatic heterocycles. The van der Waals surface area contributed by atoms with E-state index in [0.717, 1.165) is 0 Å². The number of amides is 1. The maximum atomic E-state index is 13.6. The summed E-state index contributed by atoms with van der Waals surface area (Å²) in [4.78, 5) is 22.1.